The Hall–Kier alpha value is -1.67. The lowest BCUT2D eigenvalue weighted by Gasteiger charge is -2.24. The number of amides is 5. The number of ether oxygens (including phenoxy) is 2. The van der Waals surface area contributed by atoms with Gasteiger partial charge in [-0.05, 0) is 6.92 Å². The van der Waals surface area contributed by atoms with E-state index in [1.165, 1.54) is 0 Å². The zero-order valence-corrected chi connectivity index (χ0v) is 10.7. The van der Waals surface area contributed by atoms with Gasteiger partial charge >= 0.3 is 12.1 Å². The number of hydrogen-bond donors (Lipinski definition) is 1. The zero-order valence-electron chi connectivity index (χ0n) is 10.7. The maximum atomic E-state index is 12.0. The minimum atomic E-state index is -0.637. The van der Waals surface area contributed by atoms with Crippen LogP contribution in [0.1, 0.15) is 6.92 Å². The van der Waals surface area contributed by atoms with Gasteiger partial charge in [0.1, 0.15) is 0 Å². The van der Waals surface area contributed by atoms with Crippen LogP contribution >= 0.6 is 0 Å². The molecule has 0 spiro atoms. The van der Waals surface area contributed by atoms with E-state index in [4.69, 9.17) is 9.47 Å². The molecule has 0 radical (unpaired) electrons. The molecule has 2 saturated heterocycles. The molecule has 0 aromatic rings. The molecule has 19 heavy (non-hydrogen) atoms. The van der Waals surface area contributed by atoms with E-state index in [0.29, 0.717) is 26.2 Å². The summed E-state index contributed by atoms with van der Waals surface area (Å²) in [6, 6.07) is -1.16. The van der Waals surface area contributed by atoms with E-state index in [1.807, 2.05) is 0 Å². The van der Waals surface area contributed by atoms with Crippen molar-refractivity contribution in [1.82, 2.24) is 15.1 Å². The number of hydrogen-bond acceptors (Lipinski definition) is 5. The summed E-state index contributed by atoms with van der Waals surface area (Å²) in [4.78, 5) is 36.7. The summed E-state index contributed by atoms with van der Waals surface area (Å²) < 4.78 is 9.92. The molecule has 2 atom stereocenters. The maximum Gasteiger partial charge on any atom is 0.334 e. The molecule has 2 aliphatic heterocycles. The van der Waals surface area contributed by atoms with Crippen LogP contribution in [0, 0.1) is 0 Å². The molecule has 8 heteroatoms. The topological polar surface area (TPSA) is 94.8 Å². The molecule has 2 heterocycles. The Balaban J connectivity index is 1.86. The lowest BCUT2D eigenvalue weighted by Crippen LogP contribution is -2.51. The number of carbonyl (C=O) groups is 3. The highest BCUT2D eigenvalue weighted by Crippen LogP contribution is 2.11. The van der Waals surface area contributed by atoms with E-state index in [1.54, 1.807) is 6.92 Å². The van der Waals surface area contributed by atoms with Crippen molar-refractivity contribution in [2.45, 2.75) is 19.1 Å². The molecule has 2 unspecified atom stereocenters. The van der Waals surface area contributed by atoms with E-state index in [2.05, 4.69) is 5.32 Å². The summed E-state index contributed by atoms with van der Waals surface area (Å²) >= 11 is 0. The van der Waals surface area contributed by atoms with E-state index in [-0.39, 0.29) is 25.3 Å². The third kappa shape index (κ3) is 3.90. The lowest BCUT2D eigenvalue weighted by molar-refractivity contribution is -0.116. The van der Waals surface area contributed by atoms with Crippen molar-refractivity contribution < 1.29 is 23.9 Å². The van der Waals surface area contributed by atoms with Crippen molar-refractivity contribution in [3.05, 3.63) is 0 Å². The van der Waals surface area contributed by atoms with Gasteiger partial charge in [0.15, 0.2) is 0 Å². The highest BCUT2D eigenvalue weighted by molar-refractivity contribution is 5.97. The SMILES string of the molecule is CCN(C(=O)NCC1CO1)C(=O)N(C=O)CC1CO1. The molecular weight excluding hydrogens is 254 g/mol. The summed E-state index contributed by atoms with van der Waals surface area (Å²) in [6.07, 6.45) is 0.361. The fourth-order valence-corrected chi connectivity index (χ4v) is 1.56. The van der Waals surface area contributed by atoms with Crippen LogP contribution in [-0.4, -0.2) is 73.3 Å². The first-order valence-corrected chi connectivity index (χ1v) is 6.20. The summed E-state index contributed by atoms with van der Waals surface area (Å²) in [7, 11) is 0. The third-order valence-corrected chi connectivity index (χ3v) is 2.85. The highest BCUT2D eigenvalue weighted by atomic mass is 16.6. The van der Waals surface area contributed by atoms with Crippen LogP contribution in [0.2, 0.25) is 0 Å². The van der Waals surface area contributed by atoms with Gasteiger partial charge in [-0.15, -0.1) is 0 Å². The third-order valence-electron chi connectivity index (χ3n) is 2.85. The monoisotopic (exact) mass is 271 g/mol. The Labute approximate surface area is 110 Å². The number of urea groups is 2. The molecule has 8 nitrogen and oxygen atoms in total. The molecule has 1 N–H and O–H groups in total. The number of nitrogens with one attached hydrogen (secondary N) is 1. The first kappa shape index (κ1) is 13.8. The van der Waals surface area contributed by atoms with Crippen molar-refractivity contribution in [2.75, 3.05) is 32.8 Å². The van der Waals surface area contributed by atoms with Gasteiger partial charge in [0.05, 0.1) is 32.0 Å². The first-order chi connectivity index (χ1) is 9.15. The normalized spacial score (nSPS) is 23.4. The quantitative estimate of drug-likeness (QED) is 0.514. The standard InChI is InChI=1S/C11H17N3O5/c1-2-14(10(16)12-3-8-5-18-8)11(17)13(7-15)4-9-6-19-9/h7-9H,2-6H2,1H3,(H,12,16). The van der Waals surface area contributed by atoms with Gasteiger partial charge < -0.3 is 14.8 Å². The average molecular weight is 271 g/mol. The van der Waals surface area contributed by atoms with E-state index < -0.39 is 12.1 Å². The van der Waals surface area contributed by atoms with Crippen molar-refractivity contribution in [3.8, 4) is 0 Å². The smallest absolute Gasteiger partial charge is 0.334 e. The number of nitrogens with zero attached hydrogens (tertiary/aromatic N) is 2. The summed E-state index contributed by atoms with van der Waals surface area (Å²) in [5.41, 5.74) is 0. The van der Waals surface area contributed by atoms with Gasteiger partial charge in [0.2, 0.25) is 6.41 Å². The van der Waals surface area contributed by atoms with Gasteiger partial charge in [-0.1, -0.05) is 0 Å². The van der Waals surface area contributed by atoms with E-state index in [9.17, 15) is 14.4 Å². The first-order valence-electron chi connectivity index (χ1n) is 6.20. The van der Waals surface area contributed by atoms with Gasteiger partial charge in [0, 0.05) is 13.1 Å². The number of epoxide rings is 2. The minimum Gasteiger partial charge on any atom is -0.371 e. The lowest BCUT2D eigenvalue weighted by atomic mass is 10.4. The molecule has 0 saturated carbocycles. The highest BCUT2D eigenvalue weighted by Gasteiger charge is 2.32. The average Bonchev–Trinajstić information content (AvgIpc) is 3.28. The second-order valence-electron chi connectivity index (χ2n) is 4.38. The second-order valence-corrected chi connectivity index (χ2v) is 4.38. The molecule has 106 valence electrons. The van der Waals surface area contributed by atoms with Crippen LogP contribution in [0.5, 0.6) is 0 Å². The van der Waals surface area contributed by atoms with Gasteiger partial charge in [0.25, 0.3) is 0 Å². The second kappa shape index (κ2) is 5.98. The van der Waals surface area contributed by atoms with Crippen LogP contribution < -0.4 is 5.32 Å². The fourth-order valence-electron chi connectivity index (χ4n) is 1.56. The summed E-state index contributed by atoms with van der Waals surface area (Å²) in [5.74, 6) is 0. The van der Waals surface area contributed by atoms with Crippen LogP contribution in [0.3, 0.4) is 0 Å². The van der Waals surface area contributed by atoms with Crippen LogP contribution in [0.25, 0.3) is 0 Å². The van der Waals surface area contributed by atoms with Gasteiger partial charge in [-0.2, -0.15) is 0 Å². The van der Waals surface area contributed by atoms with Gasteiger partial charge in [-0.3, -0.25) is 9.69 Å². The molecule has 0 bridgehead atoms. The summed E-state index contributed by atoms with van der Waals surface area (Å²) in [5, 5.41) is 2.59. The Kier molecular flexibility index (Phi) is 4.33. The minimum absolute atomic E-state index is 0.0415. The Morgan fingerprint density at radius 1 is 1.32 bits per heavy atom. The van der Waals surface area contributed by atoms with Crippen molar-refractivity contribution in [2.24, 2.45) is 0 Å². The molecule has 0 aromatic heterocycles. The predicted molar refractivity (Wildman–Crippen MR) is 63.4 cm³/mol. The van der Waals surface area contributed by atoms with Crippen LogP contribution in [-0.2, 0) is 14.3 Å². The summed E-state index contributed by atoms with van der Waals surface area (Å²) in [6.45, 7) is 3.57. The van der Waals surface area contributed by atoms with Crippen LogP contribution in [0.4, 0.5) is 9.59 Å². The Morgan fingerprint density at radius 3 is 2.42 bits per heavy atom. The largest absolute Gasteiger partial charge is 0.371 e. The van der Waals surface area contributed by atoms with Gasteiger partial charge in [-0.25, -0.2) is 14.5 Å². The van der Waals surface area contributed by atoms with E-state index >= 15 is 0 Å². The van der Waals surface area contributed by atoms with Crippen molar-refractivity contribution >= 4 is 18.5 Å². The molecule has 0 aromatic carbocycles. The van der Waals surface area contributed by atoms with Crippen molar-refractivity contribution in [3.63, 3.8) is 0 Å². The number of carbonyl (C=O) groups excluding carboxylic acids is 3. The fraction of sp³-hybridized carbons (Fsp3) is 0.727. The zero-order chi connectivity index (χ0) is 13.8. The predicted octanol–water partition coefficient (Wildman–Crippen LogP) is -0.606. The Morgan fingerprint density at radius 2 is 1.95 bits per heavy atom. The van der Waals surface area contributed by atoms with Crippen LogP contribution in [0.15, 0.2) is 0 Å². The molecule has 2 aliphatic rings. The number of imide groups is 2. The Bertz CT molecular complexity index is 367. The molecule has 2 rings (SSSR count). The molecular formula is C11H17N3O5. The van der Waals surface area contributed by atoms with Crippen molar-refractivity contribution in [1.29, 1.82) is 0 Å². The molecule has 2 fully saturated rings. The molecule has 5 amide bonds. The molecule has 0 aliphatic carbocycles. The maximum absolute atomic E-state index is 12.0. The van der Waals surface area contributed by atoms with E-state index in [0.717, 1.165) is 9.80 Å². The number of rotatable bonds is 6.